The highest BCUT2D eigenvalue weighted by Gasteiger charge is 2.36. The van der Waals surface area contributed by atoms with Crippen molar-refractivity contribution < 1.29 is 23.1 Å². The average molecular weight is 292 g/mol. The lowest BCUT2D eigenvalue weighted by atomic mass is 10.2. The van der Waals surface area contributed by atoms with Crippen LogP contribution in [0.2, 0.25) is 0 Å². The first kappa shape index (κ1) is 13.5. The molecule has 0 spiro atoms. The third kappa shape index (κ3) is 2.30. The summed E-state index contributed by atoms with van der Waals surface area (Å²) in [6.07, 6.45) is -4.64. The van der Waals surface area contributed by atoms with Crippen molar-refractivity contribution in [3.63, 3.8) is 0 Å². The lowest BCUT2D eigenvalue weighted by molar-refractivity contribution is -0.144. The van der Waals surface area contributed by atoms with Crippen molar-refractivity contribution in [1.29, 1.82) is 0 Å². The molecule has 0 amide bonds. The Morgan fingerprint density at radius 1 is 1.37 bits per heavy atom. The largest absolute Gasteiger partial charge is 0.478 e. The minimum Gasteiger partial charge on any atom is -0.478 e. The molecule has 6 nitrogen and oxygen atoms in total. The quantitative estimate of drug-likeness (QED) is 0.916. The van der Waals surface area contributed by atoms with Crippen molar-refractivity contribution in [3.05, 3.63) is 22.8 Å². The Balaban J connectivity index is 2.52. The van der Waals surface area contributed by atoms with Crippen LogP contribution in [0, 0.1) is 13.8 Å². The van der Waals surface area contributed by atoms with Crippen LogP contribution in [0.4, 0.5) is 13.2 Å². The fourth-order valence-electron chi connectivity index (χ4n) is 1.56. The highest BCUT2D eigenvalue weighted by atomic mass is 32.1. The fraction of sp³-hybridized carbons (Fsp3) is 0.333. The van der Waals surface area contributed by atoms with E-state index in [4.69, 9.17) is 5.11 Å². The molecule has 0 saturated heterocycles. The van der Waals surface area contributed by atoms with Crippen LogP contribution in [0.5, 0.6) is 0 Å². The molecule has 0 fully saturated rings. The van der Waals surface area contributed by atoms with Gasteiger partial charge in [0.05, 0.1) is 11.4 Å². The number of rotatable bonds is 2. The van der Waals surface area contributed by atoms with Gasteiger partial charge in [-0.1, -0.05) is 0 Å². The van der Waals surface area contributed by atoms with E-state index in [0.717, 1.165) is 4.68 Å². The van der Waals surface area contributed by atoms with Crippen LogP contribution < -0.4 is 0 Å². The van der Waals surface area contributed by atoms with Crippen molar-refractivity contribution in [2.45, 2.75) is 20.0 Å². The number of aryl methyl sites for hydroxylation is 1. The summed E-state index contributed by atoms with van der Waals surface area (Å²) in [7, 11) is 0. The molecule has 0 aliphatic heterocycles. The fourth-order valence-corrected chi connectivity index (χ4v) is 2.25. The summed E-state index contributed by atoms with van der Waals surface area (Å²) in [5.74, 6) is -2.46. The normalized spacial score (nSPS) is 11.8. The predicted octanol–water partition coefficient (Wildman–Crippen LogP) is 2.06. The zero-order valence-electron chi connectivity index (χ0n) is 9.69. The molecule has 0 aromatic carbocycles. The molecule has 0 aliphatic rings. The molecule has 2 rings (SSSR count). The minimum absolute atomic E-state index is 0.0521. The van der Waals surface area contributed by atoms with E-state index in [-0.39, 0.29) is 22.1 Å². The Bertz CT molecular complexity index is 646. The first-order valence-corrected chi connectivity index (χ1v) is 5.70. The summed E-state index contributed by atoms with van der Waals surface area (Å²) >= 11 is 0.504. The van der Waals surface area contributed by atoms with Crippen molar-refractivity contribution in [2.24, 2.45) is 0 Å². The number of aromatic carboxylic acids is 1. The molecule has 0 aliphatic carbocycles. The van der Waals surface area contributed by atoms with Crippen LogP contribution in [-0.2, 0) is 6.18 Å². The van der Waals surface area contributed by atoms with Gasteiger partial charge in [-0.15, -0.1) is 0 Å². The summed E-state index contributed by atoms with van der Waals surface area (Å²) in [5, 5.41) is 12.7. The number of carboxylic acid groups (broad SMARTS) is 1. The maximum Gasteiger partial charge on any atom is 0.452 e. The Labute approximate surface area is 108 Å². The van der Waals surface area contributed by atoms with Gasteiger partial charge in [0.15, 0.2) is 0 Å². The van der Waals surface area contributed by atoms with Gasteiger partial charge in [0.2, 0.25) is 11.0 Å². The monoisotopic (exact) mass is 292 g/mol. The van der Waals surface area contributed by atoms with Gasteiger partial charge in [-0.3, -0.25) is 0 Å². The van der Waals surface area contributed by atoms with Crippen molar-refractivity contribution in [1.82, 2.24) is 19.1 Å². The van der Waals surface area contributed by atoms with Gasteiger partial charge in [-0.25, -0.2) is 9.48 Å². The molecule has 0 unspecified atom stereocenters. The Kier molecular flexibility index (Phi) is 3.04. The standard InChI is InChI=1S/C9H7F3N4O2S/c1-3-5(6(17)18)4(2)16(14-3)8-13-7(15-19-8)9(10,11)12/h1-2H3,(H,17,18). The summed E-state index contributed by atoms with van der Waals surface area (Å²) in [4.78, 5) is 14.3. The Morgan fingerprint density at radius 3 is 2.42 bits per heavy atom. The summed E-state index contributed by atoms with van der Waals surface area (Å²) in [5.41, 5.74) is 0.354. The first-order valence-electron chi connectivity index (χ1n) is 4.92. The third-order valence-corrected chi connectivity index (χ3v) is 3.05. The zero-order valence-corrected chi connectivity index (χ0v) is 10.5. The molecule has 2 aromatic rings. The maximum atomic E-state index is 12.4. The number of alkyl halides is 3. The number of carbonyl (C=O) groups is 1. The highest BCUT2D eigenvalue weighted by molar-refractivity contribution is 7.08. The second-order valence-electron chi connectivity index (χ2n) is 3.66. The Hall–Kier alpha value is -1.97. The smallest absolute Gasteiger partial charge is 0.452 e. The average Bonchev–Trinajstić information content (AvgIpc) is 2.82. The van der Waals surface area contributed by atoms with Gasteiger partial charge in [0.1, 0.15) is 5.56 Å². The second-order valence-corrected chi connectivity index (χ2v) is 4.39. The SMILES string of the molecule is Cc1nn(-c2nc(C(F)(F)F)ns2)c(C)c1C(=O)O. The molecule has 19 heavy (non-hydrogen) atoms. The third-order valence-electron chi connectivity index (χ3n) is 2.36. The first-order chi connectivity index (χ1) is 8.71. The van der Waals surface area contributed by atoms with E-state index >= 15 is 0 Å². The molecule has 2 heterocycles. The number of halogens is 3. The van der Waals surface area contributed by atoms with E-state index in [1.165, 1.54) is 13.8 Å². The van der Waals surface area contributed by atoms with E-state index in [9.17, 15) is 18.0 Å². The van der Waals surface area contributed by atoms with Crippen LogP contribution in [0.1, 0.15) is 27.6 Å². The topological polar surface area (TPSA) is 80.9 Å². The second kappa shape index (κ2) is 4.30. The molecular weight excluding hydrogens is 285 g/mol. The van der Waals surface area contributed by atoms with E-state index in [1.807, 2.05) is 0 Å². The van der Waals surface area contributed by atoms with E-state index in [1.54, 1.807) is 0 Å². The van der Waals surface area contributed by atoms with Crippen molar-refractivity contribution in [3.8, 4) is 5.13 Å². The van der Waals surface area contributed by atoms with Crippen LogP contribution in [0.15, 0.2) is 0 Å². The van der Waals surface area contributed by atoms with E-state index in [0.29, 0.717) is 11.5 Å². The molecule has 2 aromatic heterocycles. The highest BCUT2D eigenvalue weighted by Crippen LogP contribution is 2.29. The van der Waals surface area contributed by atoms with Gasteiger partial charge >= 0.3 is 12.1 Å². The molecule has 0 radical (unpaired) electrons. The summed E-state index contributed by atoms with van der Waals surface area (Å²) in [6.45, 7) is 2.90. The lowest BCUT2D eigenvalue weighted by Gasteiger charge is -1.99. The summed E-state index contributed by atoms with van der Waals surface area (Å²) in [6, 6.07) is 0. The van der Waals surface area contributed by atoms with E-state index < -0.39 is 18.0 Å². The predicted molar refractivity (Wildman–Crippen MR) is 58.5 cm³/mol. The van der Waals surface area contributed by atoms with Crippen LogP contribution in [0.3, 0.4) is 0 Å². The molecule has 1 N–H and O–H groups in total. The number of hydrogen-bond donors (Lipinski definition) is 1. The maximum absolute atomic E-state index is 12.4. The van der Waals surface area contributed by atoms with Gasteiger partial charge in [-0.2, -0.15) is 27.6 Å². The molecular formula is C9H7F3N4O2S. The molecule has 0 atom stereocenters. The number of aromatic nitrogens is 4. The molecule has 10 heteroatoms. The zero-order chi connectivity index (χ0) is 14.4. The van der Waals surface area contributed by atoms with Gasteiger partial charge in [0, 0.05) is 11.5 Å². The Morgan fingerprint density at radius 2 is 2.00 bits per heavy atom. The van der Waals surface area contributed by atoms with E-state index in [2.05, 4.69) is 14.5 Å². The minimum atomic E-state index is -4.64. The van der Waals surface area contributed by atoms with Crippen molar-refractivity contribution in [2.75, 3.05) is 0 Å². The van der Waals surface area contributed by atoms with Crippen LogP contribution in [0.25, 0.3) is 5.13 Å². The van der Waals surface area contributed by atoms with Crippen LogP contribution >= 0.6 is 11.5 Å². The number of nitrogens with zero attached hydrogens (tertiary/aromatic N) is 4. The van der Waals surface area contributed by atoms with Crippen LogP contribution in [-0.4, -0.2) is 30.2 Å². The van der Waals surface area contributed by atoms with Gasteiger partial charge in [0.25, 0.3) is 0 Å². The summed E-state index contributed by atoms with van der Waals surface area (Å²) < 4.78 is 41.4. The number of hydrogen-bond acceptors (Lipinski definition) is 5. The lowest BCUT2D eigenvalue weighted by Crippen LogP contribution is -2.08. The molecule has 0 saturated carbocycles. The van der Waals surface area contributed by atoms with Gasteiger partial charge in [-0.05, 0) is 13.8 Å². The molecule has 0 bridgehead atoms. The van der Waals surface area contributed by atoms with Crippen molar-refractivity contribution >= 4 is 17.5 Å². The number of carboxylic acids is 1. The molecule has 102 valence electrons. The van der Waals surface area contributed by atoms with Gasteiger partial charge < -0.3 is 5.11 Å².